The molecule has 1 unspecified atom stereocenters. The van der Waals surface area contributed by atoms with Crippen LogP contribution in [0.5, 0.6) is 5.75 Å². The van der Waals surface area contributed by atoms with E-state index in [9.17, 15) is 0 Å². The van der Waals surface area contributed by atoms with Crippen LogP contribution in [0.3, 0.4) is 0 Å². The summed E-state index contributed by atoms with van der Waals surface area (Å²) in [4.78, 5) is 6.07. The Labute approximate surface area is 192 Å². The van der Waals surface area contributed by atoms with Crippen molar-refractivity contribution in [2.45, 2.75) is 6.04 Å². The molecule has 0 radical (unpaired) electrons. The molecule has 1 aromatic heterocycles. The summed E-state index contributed by atoms with van der Waals surface area (Å²) in [6, 6.07) is 32.6. The Morgan fingerprint density at radius 3 is 2.42 bits per heavy atom. The van der Waals surface area contributed by atoms with E-state index in [0.29, 0.717) is 0 Å². The number of hydrogen-bond donors (Lipinski definition) is 1. The number of methoxy groups -OCH3 is 1. The van der Waals surface area contributed by atoms with Crippen LogP contribution in [0.25, 0.3) is 33.8 Å². The molecule has 2 aliphatic rings. The fraction of sp³-hybridized carbons (Fsp3) is 0.0667. The van der Waals surface area contributed by atoms with Crippen molar-refractivity contribution in [2.75, 3.05) is 12.0 Å². The monoisotopic (exact) mass is 426 g/mol. The third-order valence-corrected chi connectivity index (χ3v) is 6.97. The van der Waals surface area contributed by atoms with Gasteiger partial charge in [0.25, 0.3) is 0 Å². The van der Waals surface area contributed by atoms with Gasteiger partial charge in [-0.1, -0.05) is 54.6 Å². The number of para-hydroxylation sites is 1. The molecule has 0 bridgehead atoms. The Morgan fingerprint density at radius 1 is 0.758 bits per heavy atom. The highest BCUT2D eigenvalue weighted by atomic mass is 16.5. The second-order valence-corrected chi connectivity index (χ2v) is 8.65. The van der Waals surface area contributed by atoms with E-state index in [1.54, 1.807) is 7.11 Å². The van der Waals surface area contributed by atoms with Gasteiger partial charge in [0.1, 0.15) is 5.75 Å². The number of fused-ring (bicyclic) bond motifs is 7. The van der Waals surface area contributed by atoms with Crippen LogP contribution in [0, 0.1) is 0 Å². The highest BCUT2D eigenvalue weighted by molar-refractivity contribution is 6.07. The summed E-state index contributed by atoms with van der Waals surface area (Å²) in [5, 5.41) is 1.31. The highest BCUT2D eigenvalue weighted by Crippen LogP contribution is 2.52. The first-order valence-electron chi connectivity index (χ1n) is 11.3. The number of aromatic amines is 1. The van der Waals surface area contributed by atoms with E-state index in [4.69, 9.17) is 4.74 Å². The average molecular weight is 427 g/mol. The zero-order valence-electron chi connectivity index (χ0n) is 18.2. The number of rotatable bonds is 2. The molecule has 0 fully saturated rings. The fourth-order valence-electron chi connectivity index (χ4n) is 5.51. The van der Waals surface area contributed by atoms with Crippen LogP contribution in [-0.2, 0) is 0 Å². The zero-order chi connectivity index (χ0) is 21.9. The van der Waals surface area contributed by atoms with Gasteiger partial charge in [-0.05, 0) is 64.7 Å². The average Bonchev–Trinajstić information content (AvgIpc) is 3.26. The molecular weight excluding hydrogens is 404 g/mol. The van der Waals surface area contributed by atoms with Crippen molar-refractivity contribution in [2.24, 2.45) is 0 Å². The maximum atomic E-state index is 5.43. The third-order valence-electron chi connectivity index (χ3n) is 6.97. The van der Waals surface area contributed by atoms with Gasteiger partial charge < -0.3 is 14.6 Å². The molecule has 158 valence electrons. The molecule has 4 aromatic carbocycles. The number of nitrogens with zero attached hydrogens (tertiary/aromatic N) is 1. The molecular formula is C30H22N2O. The first-order chi connectivity index (χ1) is 16.3. The van der Waals surface area contributed by atoms with Gasteiger partial charge in [0.15, 0.2) is 0 Å². The van der Waals surface area contributed by atoms with Crippen LogP contribution >= 0.6 is 0 Å². The van der Waals surface area contributed by atoms with Gasteiger partial charge in [-0.15, -0.1) is 0 Å². The van der Waals surface area contributed by atoms with Gasteiger partial charge in [0.05, 0.1) is 13.2 Å². The molecule has 1 atom stereocenters. The van der Waals surface area contributed by atoms with E-state index >= 15 is 0 Å². The summed E-state index contributed by atoms with van der Waals surface area (Å²) in [5.74, 6) is 0.864. The van der Waals surface area contributed by atoms with Crippen molar-refractivity contribution in [1.29, 1.82) is 0 Å². The van der Waals surface area contributed by atoms with Crippen LogP contribution in [0.1, 0.15) is 28.3 Å². The largest absolute Gasteiger partial charge is 0.497 e. The number of nitrogens with one attached hydrogen (secondary N) is 1. The summed E-state index contributed by atoms with van der Waals surface area (Å²) in [7, 11) is 1.71. The third kappa shape index (κ3) is 2.56. The molecule has 3 heterocycles. The molecule has 0 amide bonds. The van der Waals surface area contributed by atoms with E-state index < -0.39 is 0 Å². The predicted molar refractivity (Wildman–Crippen MR) is 135 cm³/mol. The van der Waals surface area contributed by atoms with Gasteiger partial charge in [-0.25, -0.2) is 0 Å². The summed E-state index contributed by atoms with van der Waals surface area (Å²) < 4.78 is 5.43. The molecule has 1 N–H and O–H groups in total. The summed E-state index contributed by atoms with van der Waals surface area (Å²) in [6.45, 7) is 0. The maximum absolute atomic E-state index is 5.43. The van der Waals surface area contributed by atoms with Gasteiger partial charge >= 0.3 is 0 Å². The van der Waals surface area contributed by atoms with Gasteiger partial charge in [0.2, 0.25) is 0 Å². The van der Waals surface area contributed by atoms with E-state index in [0.717, 1.165) is 5.75 Å². The first-order valence-corrected chi connectivity index (χ1v) is 11.3. The normalized spacial score (nSPS) is 15.8. The minimum atomic E-state index is 0.0712. The zero-order valence-corrected chi connectivity index (χ0v) is 18.2. The molecule has 0 saturated heterocycles. The maximum Gasteiger partial charge on any atom is 0.118 e. The molecule has 2 aliphatic heterocycles. The van der Waals surface area contributed by atoms with Crippen LogP contribution in [0.15, 0.2) is 97.2 Å². The van der Waals surface area contributed by atoms with Gasteiger partial charge in [-0.3, -0.25) is 0 Å². The lowest BCUT2D eigenvalue weighted by atomic mass is 9.87. The second-order valence-electron chi connectivity index (χ2n) is 8.65. The number of aromatic nitrogens is 1. The van der Waals surface area contributed by atoms with Crippen molar-refractivity contribution < 1.29 is 4.74 Å². The number of benzene rings is 4. The number of H-pyrrole nitrogens is 1. The van der Waals surface area contributed by atoms with Crippen molar-refractivity contribution in [3.63, 3.8) is 0 Å². The highest BCUT2D eigenvalue weighted by Gasteiger charge is 2.37. The number of anilines is 1. The SMILES string of the molecule is COc1ccc(C2=Cc3ccccc3C3c4c[nH]c5cccc(c45)-c4ccccc4N23)cc1. The Hall–Kier alpha value is -4.24. The predicted octanol–water partition coefficient (Wildman–Crippen LogP) is 7.26. The van der Waals surface area contributed by atoms with Gasteiger partial charge in [0, 0.05) is 39.6 Å². The van der Waals surface area contributed by atoms with Crippen LogP contribution in [0.4, 0.5) is 5.69 Å². The minimum Gasteiger partial charge on any atom is -0.497 e. The second kappa shape index (κ2) is 6.88. The quantitative estimate of drug-likeness (QED) is 0.322. The molecule has 0 saturated carbocycles. The lowest BCUT2D eigenvalue weighted by Crippen LogP contribution is -2.31. The van der Waals surface area contributed by atoms with Crippen LogP contribution < -0.4 is 9.64 Å². The lowest BCUT2D eigenvalue weighted by molar-refractivity contribution is 0.415. The van der Waals surface area contributed by atoms with E-state index in [2.05, 4.69) is 101 Å². The smallest absolute Gasteiger partial charge is 0.118 e. The van der Waals surface area contributed by atoms with Crippen molar-refractivity contribution in [3.05, 3.63) is 119 Å². The molecule has 5 aromatic rings. The van der Waals surface area contributed by atoms with Crippen LogP contribution in [-0.4, -0.2) is 12.1 Å². The molecule has 33 heavy (non-hydrogen) atoms. The molecule has 3 heteroatoms. The topological polar surface area (TPSA) is 28.3 Å². The van der Waals surface area contributed by atoms with Crippen molar-refractivity contribution >= 4 is 28.4 Å². The Balaban J connectivity index is 1.59. The Bertz CT molecular complexity index is 1560. The van der Waals surface area contributed by atoms with Crippen LogP contribution in [0.2, 0.25) is 0 Å². The molecule has 0 aliphatic carbocycles. The van der Waals surface area contributed by atoms with E-state index in [-0.39, 0.29) is 6.04 Å². The Morgan fingerprint density at radius 2 is 1.55 bits per heavy atom. The van der Waals surface area contributed by atoms with E-state index in [1.807, 2.05) is 12.1 Å². The standard InChI is InChI=1S/C30H22N2O/c1-33-21-15-13-19(14-16-21)28-17-20-7-2-3-8-22(20)30-25-18-31-26-11-6-10-24(29(25)26)23-9-4-5-12-27(23)32(28)30/h2-18,30-31H,1H3. The molecule has 3 nitrogen and oxygen atoms in total. The molecule has 7 rings (SSSR count). The van der Waals surface area contributed by atoms with Crippen molar-refractivity contribution in [3.8, 4) is 16.9 Å². The number of ether oxygens (including phenoxy) is 1. The first kappa shape index (κ1) is 18.3. The minimum absolute atomic E-state index is 0.0712. The summed E-state index contributed by atoms with van der Waals surface area (Å²) >= 11 is 0. The number of hydrogen-bond acceptors (Lipinski definition) is 2. The lowest BCUT2D eigenvalue weighted by Gasteiger charge is -2.39. The molecule has 0 spiro atoms. The van der Waals surface area contributed by atoms with Gasteiger partial charge in [-0.2, -0.15) is 0 Å². The fourth-order valence-corrected chi connectivity index (χ4v) is 5.51. The summed E-state index contributed by atoms with van der Waals surface area (Å²) in [6.07, 6.45) is 4.52. The summed E-state index contributed by atoms with van der Waals surface area (Å²) in [5.41, 5.74) is 11.2. The van der Waals surface area contributed by atoms with E-state index in [1.165, 1.54) is 55.7 Å². The Kier molecular flexibility index (Phi) is 3.82. The van der Waals surface area contributed by atoms with Crippen molar-refractivity contribution in [1.82, 2.24) is 4.98 Å².